The highest BCUT2D eigenvalue weighted by Crippen LogP contribution is 2.24. The minimum Gasteiger partial charge on any atom is -0.357 e. The van der Waals surface area contributed by atoms with Gasteiger partial charge >= 0.3 is 0 Å². The van der Waals surface area contributed by atoms with Crippen molar-refractivity contribution >= 4 is 21.9 Å². The number of nitrogens with zero attached hydrogens (tertiary/aromatic N) is 5. The van der Waals surface area contributed by atoms with Crippen LogP contribution in [-0.4, -0.2) is 31.6 Å². The first-order chi connectivity index (χ1) is 10.2. The first kappa shape index (κ1) is 13.6. The van der Waals surface area contributed by atoms with Crippen molar-refractivity contribution in [3.8, 4) is 17.3 Å². The lowest BCUT2D eigenvalue weighted by Crippen LogP contribution is -2.07. The molecule has 6 nitrogen and oxygen atoms in total. The van der Waals surface area contributed by atoms with E-state index in [-0.39, 0.29) is 5.82 Å². The maximum Gasteiger partial charge on any atom is 0.240 e. The first-order valence-electron chi connectivity index (χ1n) is 6.05. The van der Waals surface area contributed by atoms with Crippen LogP contribution in [0.1, 0.15) is 0 Å². The Bertz CT molecular complexity index is 774. The van der Waals surface area contributed by atoms with E-state index >= 15 is 0 Å². The number of aromatic nitrogens is 5. The zero-order chi connectivity index (χ0) is 14.8. The number of benzene rings is 1. The maximum absolute atomic E-state index is 14.0. The summed E-state index contributed by atoms with van der Waals surface area (Å²) in [4.78, 5) is 16.7. The van der Waals surface area contributed by atoms with Gasteiger partial charge in [0.1, 0.15) is 12.1 Å². The zero-order valence-corrected chi connectivity index (χ0v) is 12.5. The van der Waals surface area contributed by atoms with E-state index in [0.29, 0.717) is 17.5 Å². The number of nitrogens with one attached hydrogen (secondary N) is 1. The van der Waals surface area contributed by atoms with E-state index in [1.54, 1.807) is 42.5 Å². The third-order valence-electron chi connectivity index (χ3n) is 2.75. The van der Waals surface area contributed by atoms with E-state index in [4.69, 9.17) is 0 Å². The summed E-state index contributed by atoms with van der Waals surface area (Å²) in [6.45, 7) is 0. The van der Waals surface area contributed by atoms with Crippen molar-refractivity contribution in [2.45, 2.75) is 0 Å². The Morgan fingerprint density at radius 2 is 2.10 bits per heavy atom. The Balaban J connectivity index is 2.18. The molecule has 0 saturated carbocycles. The van der Waals surface area contributed by atoms with Gasteiger partial charge in [-0.05, 0) is 18.2 Å². The molecule has 0 amide bonds. The molecule has 0 bridgehead atoms. The Morgan fingerprint density at radius 3 is 2.81 bits per heavy atom. The van der Waals surface area contributed by atoms with Crippen LogP contribution in [0, 0.1) is 5.82 Å². The van der Waals surface area contributed by atoms with E-state index in [2.05, 4.69) is 41.2 Å². The van der Waals surface area contributed by atoms with Gasteiger partial charge in [-0.3, -0.25) is 4.57 Å². The molecule has 2 heterocycles. The Labute approximate surface area is 128 Å². The Morgan fingerprint density at radius 1 is 1.24 bits per heavy atom. The van der Waals surface area contributed by atoms with Crippen molar-refractivity contribution in [1.82, 2.24) is 24.5 Å². The fourth-order valence-corrected chi connectivity index (χ4v) is 2.12. The first-order valence-corrected chi connectivity index (χ1v) is 6.84. The van der Waals surface area contributed by atoms with Crippen LogP contribution in [0.5, 0.6) is 0 Å². The lowest BCUT2D eigenvalue weighted by Gasteiger charge is -2.08. The standard InChI is InChI=1S/C13H10BrFN6/c1-16-12-18-11(9-6-8(14)2-3-10(9)15)19-13(20-12)21-5-4-17-7-21/h2-7H,1H3,(H,16,18,19,20). The molecule has 3 rings (SSSR count). The number of hydrogen-bond donors (Lipinski definition) is 1. The summed E-state index contributed by atoms with van der Waals surface area (Å²) in [5.74, 6) is 0.559. The molecular weight excluding hydrogens is 339 g/mol. The second-order valence-corrected chi connectivity index (χ2v) is 5.04. The van der Waals surface area contributed by atoms with Gasteiger partial charge in [0.05, 0.1) is 5.56 Å². The van der Waals surface area contributed by atoms with Crippen molar-refractivity contribution in [2.24, 2.45) is 0 Å². The summed E-state index contributed by atoms with van der Waals surface area (Å²) in [6, 6.07) is 4.61. The monoisotopic (exact) mass is 348 g/mol. The molecule has 3 aromatic rings. The van der Waals surface area contributed by atoms with Crippen LogP contribution in [0.4, 0.5) is 10.3 Å². The van der Waals surface area contributed by atoms with Crippen LogP contribution in [0.25, 0.3) is 17.3 Å². The van der Waals surface area contributed by atoms with Crippen LogP contribution in [-0.2, 0) is 0 Å². The number of hydrogen-bond acceptors (Lipinski definition) is 5. The largest absolute Gasteiger partial charge is 0.357 e. The van der Waals surface area contributed by atoms with Gasteiger partial charge in [-0.1, -0.05) is 15.9 Å². The lowest BCUT2D eigenvalue weighted by atomic mass is 10.2. The van der Waals surface area contributed by atoms with Crippen LogP contribution < -0.4 is 5.32 Å². The fourth-order valence-electron chi connectivity index (χ4n) is 1.76. The normalized spacial score (nSPS) is 10.6. The molecule has 0 aliphatic heterocycles. The number of halogens is 2. The van der Waals surface area contributed by atoms with Gasteiger partial charge in [-0.15, -0.1) is 0 Å². The SMILES string of the molecule is CNc1nc(-c2cc(Br)ccc2F)nc(-n2ccnc2)n1. The van der Waals surface area contributed by atoms with Gasteiger partial charge in [-0.2, -0.15) is 15.0 Å². The van der Waals surface area contributed by atoms with Crippen molar-refractivity contribution in [3.05, 3.63) is 47.2 Å². The quantitative estimate of drug-likeness (QED) is 0.787. The van der Waals surface area contributed by atoms with E-state index < -0.39 is 5.82 Å². The van der Waals surface area contributed by atoms with Crippen molar-refractivity contribution < 1.29 is 4.39 Å². The molecule has 0 spiro atoms. The van der Waals surface area contributed by atoms with Gasteiger partial charge in [0.15, 0.2) is 5.82 Å². The molecule has 8 heteroatoms. The third kappa shape index (κ3) is 2.75. The summed E-state index contributed by atoms with van der Waals surface area (Å²) in [7, 11) is 1.69. The van der Waals surface area contributed by atoms with E-state index in [1.165, 1.54) is 6.07 Å². The minimum atomic E-state index is -0.400. The second kappa shape index (κ2) is 5.57. The third-order valence-corrected chi connectivity index (χ3v) is 3.25. The second-order valence-electron chi connectivity index (χ2n) is 4.13. The van der Waals surface area contributed by atoms with Crippen molar-refractivity contribution in [1.29, 1.82) is 0 Å². The van der Waals surface area contributed by atoms with Crippen LogP contribution in [0.2, 0.25) is 0 Å². The average Bonchev–Trinajstić information content (AvgIpc) is 3.03. The van der Waals surface area contributed by atoms with Gasteiger partial charge < -0.3 is 5.32 Å². The maximum atomic E-state index is 14.0. The van der Waals surface area contributed by atoms with Crippen LogP contribution >= 0.6 is 15.9 Å². The molecule has 0 saturated heterocycles. The zero-order valence-electron chi connectivity index (χ0n) is 11.0. The number of anilines is 1. The molecule has 0 unspecified atom stereocenters. The van der Waals surface area contributed by atoms with Crippen molar-refractivity contribution in [3.63, 3.8) is 0 Å². The number of imidazole rings is 1. The van der Waals surface area contributed by atoms with E-state index in [0.717, 1.165) is 4.47 Å². The van der Waals surface area contributed by atoms with Crippen molar-refractivity contribution in [2.75, 3.05) is 12.4 Å². The highest BCUT2D eigenvalue weighted by atomic mass is 79.9. The summed E-state index contributed by atoms with van der Waals surface area (Å²) in [6.07, 6.45) is 4.88. The van der Waals surface area contributed by atoms with Gasteiger partial charge in [-0.25, -0.2) is 9.37 Å². The lowest BCUT2D eigenvalue weighted by molar-refractivity contribution is 0.629. The predicted octanol–water partition coefficient (Wildman–Crippen LogP) is 2.67. The fraction of sp³-hybridized carbons (Fsp3) is 0.0769. The molecule has 1 aromatic carbocycles. The van der Waals surface area contributed by atoms with Crippen LogP contribution in [0.15, 0.2) is 41.4 Å². The summed E-state index contributed by atoms with van der Waals surface area (Å²) >= 11 is 3.32. The highest BCUT2D eigenvalue weighted by molar-refractivity contribution is 9.10. The average molecular weight is 349 g/mol. The topological polar surface area (TPSA) is 68.5 Å². The Hall–Kier alpha value is -2.35. The smallest absolute Gasteiger partial charge is 0.240 e. The molecule has 1 N–H and O–H groups in total. The molecule has 0 aliphatic rings. The van der Waals surface area contributed by atoms with Gasteiger partial charge in [0.2, 0.25) is 11.9 Å². The molecule has 2 aromatic heterocycles. The van der Waals surface area contributed by atoms with E-state index in [9.17, 15) is 4.39 Å². The van der Waals surface area contributed by atoms with E-state index in [1.807, 2.05) is 0 Å². The van der Waals surface area contributed by atoms with Crippen LogP contribution in [0.3, 0.4) is 0 Å². The molecule has 0 radical (unpaired) electrons. The molecule has 21 heavy (non-hydrogen) atoms. The van der Waals surface area contributed by atoms with Gasteiger partial charge in [0, 0.05) is 23.9 Å². The molecule has 106 valence electrons. The highest BCUT2D eigenvalue weighted by Gasteiger charge is 2.13. The number of rotatable bonds is 3. The minimum absolute atomic E-state index is 0.247. The molecular formula is C13H10BrFN6. The summed E-state index contributed by atoms with van der Waals surface area (Å²) in [5.41, 5.74) is 0.296. The molecule has 0 atom stereocenters. The molecule has 0 fully saturated rings. The molecule has 0 aliphatic carbocycles. The predicted molar refractivity (Wildman–Crippen MR) is 79.6 cm³/mol. The van der Waals surface area contributed by atoms with Gasteiger partial charge in [0.25, 0.3) is 0 Å². The summed E-state index contributed by atoms with van der Waals surface area (Å²) in [5, 5.41) is 2.84. The summed E-state index contributed by atoms with van der Waals surface area (Å²) < 4.78 is 16.4. The Kier molecular flexibility index (Phi) is 3.61.